The number of hydrogen-bond acceptors (Lipinski definition) is 6. The summed E-state index contributed by atoms with van der Waals surface area (Å²) in [4.78, 5) is 4.27. The lowest BCUT2D eigenvalue weighted by Gasteiger charge is -2.22. The highest BCUT2D eigenvalue weighted by atomic mass is 16.3. The Morgan fingerprint density at radius 2 is 2.16 bits per heavy atom. The number of aromatic nitrogens is 1. The van der Waals surface area contributed by atoms with Gasteiger partial charge in [0.2, 0.25) is 0 Å². The molecule has 1 aromatic heterocycles. The summed E-state index contributed by atoms with van der Waals surface area (Å²) in [6, 6.07) is 5.21. The van der Waals surface area contributed by atoms with Gasteiger partial charge in [-0.25, -0.2) is 10.8 Å². The number of nitrogens with one attached hydrogen (secondary N) is 2. The molecule has 106 valence electrons. The smallest absolute Gasteiger partial charge is 0.185 e. The highest BCUT2D eigenvalue weighted by molar-refractivity contribution is 5.96. The predicted molar refractivity (Wildman–Crippen MR) is 75.0 cm³/mol. The van der Waals surface area contributed by atoms with Crippen LogP contribution in [0.2, 0.25) is 0 Å². The largest absolute Gasteiger partial charge is 0.385 e. The summed E-state index contributed by atoms with van der Waals surface area (Å²) in [5.74, 6) is 10.7. The summed E-state index contributed by atoms with van der Waals surface area (Å²) in [6.07, 6.45) is -0.712. The first kappa shape index (κ1) is 15.4. The van der Waals surface area contributed by atoms with Crippen LogP contribution in [0.5, 0.6) is 0 Å². The number of aliphatic hydroxyl groups excluding tert-OH is 1. The molecule has 0 aliphatic heterocycles. The van der Waals surface area contributed by atoms with E-state index in [0.29, 0.717) is 17.9 Å². The second-order valence-corrected chi connectivity index (χ2v) is 5.22. The van der Waals surface area contributed by atoms with E-state index >= 15 is 0 Å². The van der Waals surface area contributed by atoms with E-state index in [1.807, 2.05) is 20.8 Å². The predicted octanol–water partition coefficient (Wildman–Crippen LogP) is -0.413. The normalized spacial score (nSPS) is 14.3. The average molecular weight is 266 g/mol. The third-order valence-electron chi connectivity index (χ3n) is 2.45. The molecule has 0 radical (unpaired) electrons. The molecule has 19 heavy (non-hydrogen) atoms. The molecule has 7 nitrogen and oxygen atoms in total. The molecule has 1 unspecified atom stereocenters. The van der Waals surface area contributed by atoms with Gasteiger partial charge in [0.05, 0.1) is 5.69 Å². The van der Waals surface area contributed by atoms with Crippen molar-refractivity contribution >= 4 is 5.84 Å². The van der Waals surface area contributed by atoms with Crippen molar-refractivity contribution in [1.82, 2.24) is 15.7 Å². The molecule has 1 heterocycles. The standard InChI is InChI=1S/C12H22N6O/c1-12(2,3)15-7-10(19)8-5-4-6-9(16-8)11(17-13)18-14/h4-6,10,15,19H,7,13-14H2,1-3H3,(H,17,18). The summed E-state index contributed by atoms with van der Waals surface area (Å²) < 4.78 is 0. The van der Waals surface area contributed by atoms with Gasteiger partial charge in [-0.2, -0.15) is 5.10 Å². The fourth-order valence-electron chi connectivity index (χ4n) is 1.45. The molecule has 0 saturated carbocycles. The first-order valence-corrected chi connectivity index (χ1v) is 6.02. The minimum Gasteiger partial charge on any atom is -0.385 e. The first-order chi connectivity index (χ1) is 8.87. The third-order valence-corrected chi connectivity index (χ3v) is 2.45. The maximum atomic E-state index is 10.1. The molecule has 0 fully saturated rings. The van der Waals surface area contributed by atoms with E-state index in [4.69, 9.17) is 11.7 Å². The van der Waals surface area contributed by atoms with Crippen molar-refractivity contribution in [2.45, 2.75) is 32.4 Å². The minimum atomic E-state index is -0.712. The van der Waals surface area contributed by atoms with Gasteiger partial charge >= 0.3 is 0 Å². The molecule has 1 rings (SSSR count). The van der Waals surface area contributed by atoms with Crippen molar-refractivity contribution in [3.05, 3.63) is 29.6 Å². The van der Waals surface area contributed by atoms with E-state index in [0.717, 1.165) is 0 Å². The molecule has 7 heteroatoms. The van der Waals surface area contributed by atoms with Gasteiger partial charge in [-0.1, -0.05) is 6.07 Å². The van der Waals surface area contributed by atoms with Crippen LogP contribution in [0.4, 0.5) is 0 Å². The molecular formula is C12H22N6O. The van der Waals surface area contributed by atoms with Crippen LogP contribution in [0.25, 0.3) is 0 Å². The summed E-state index contributed by atoms with van der Waals surface area (Å²) in [7, 11) is 0. The number of nitrogens with two attached hydrogens (primary N) is 2. The van der Waals surface area contributed by atoms with Gasteiger partial charge in [0, 0.05) is 12.1 Å². The fourth-order valence-corrected chi connectivity index (χ4v) is 1.45. The average Bonchev–Trinajstić information content (AvgIpc) is 2.37. The molecule has 0 saturated heterocycles. The van der Waals surface area contributed by atoms with Crippen molar-refractivity contribution in [1.29, 1.82) is 0 Å². The quantitative estimate of drug-likeness (QED) is 0.218. The third kappa shape index (κ3) is 4.82. The van der Waals surface area contributed by atoms with Gasteiger partial charge < -0.3 is 21.7 Å². The van der Waals surface area contributed by atoms with Gasteiger partial charge in [0.1, 0.15) is 11.8 Å². The van der Waals surface area contributed by atoms with Crippen LogP contribution in [0.1, 0.15) is 38.3 Å². The maximum Gasteiger partial charge on any atom is 0.185 e. The van der Waals surface area contributed by atoms with Gasteiger partial charge in [0.25, 0.3) is 0 Å². The zero-order chi connectivity index (χ0) is 14.5. The van der Waals surface area contributed by atoms with E-state index in [1.165, 1.54) is 0 Å². The van der Waals surface area contributed by atoms with Gasteiger partial charge in [0.15, 0.2) is 5.84 Å². The molecule has 0 aliphatic rings. The molecule has 1 atom stereocenters. The Balaban J connectivity index is 2.81. The Kier molecular flexibility index (Phi) is 5.22. The van der Waals surface area contributed by atoms with Gasteiger partial charge in [-0.05, 0) is 32.9 Å². The molecule has 0 amide bonds. The number of aliphatic hydroxyl groups is 1. The SMILES string of the molecule is CC(C)(C)NCC(O)c1cccc(/C(=N/N)NN)n1. The summed E-state index contributed by atoms with van der Waals surface area (Å²) >= 11 is 0. The van der Waals surface area contributed by atoms with Crippen molar-refractivity contribution in [3.8, 4) is 0 Å². The van der Waals surface area contributed by atoms with Crippen LogP contribution in [0, 0.1) is 0 Å². The van der Waals surface area contributed by atoms with Crippen molar-refractivity contribution in [2.75, 3.05) is 6.54 Å². The van der Waals surface area contributed by atoms with Crippen molar-refractivity contribution in [2.24, 2.45) is 16.8 Å². The summed E-state index contributed by atoms with van der Waals surface area (Å²) in [5, 5.41) is 16.8. The Labute approximate surface area is 113 Å². The molecular weight excluding hydrogens is 244 g/mol. The number of pyridine rings is 1. The van der Waals surface area contributed by atoms with Crippen LogP contribution in [-0.2, 0) is 0 Å². The summed E-state index contributed by atoms with van der Waals surface area (Å²) in [5.41, 5.74) is 3.30. The van der Waals surface area contributed by atoms with Gasteiger partial charge in [-0.15, -0.1) is 0 Å². The Hall–Kier alpha value is -1.70. The zero-order valence-corrected chi connectivity index (χ0v) is 11.5. The van der Waals surface area contributed by atoms with E-state index in [9.17, 15) is 5.11 Å². The minimum absolute atomic E-state index is 0.0682. The van der Waals surface area contributed by atoms with E-state index in [1.54, 1.807) is 18.2 Å². The Bertz CT molecular complexity index is 440. The number of nitrogens with zero attached hydrogens (tertiary/aromatic N) is 2. The number of hydrazine groups is 1. The molecule has 0 bridgehead atoms. The Morgan fingerprint density at radius 1 is 1.47 bits per heavy atom. The van der Waals surface area contributed by atoms with Crippen molar-refractivity contribution in [3.63, 3.8) is 0 Å². The molecule has 0 aromatic carbocycles. The highest BCUT2D eigenvalue weighted by Gasteiger charge is 2.15. The first-order valence-electron chi connectivity index (χ1n) is 6.02. The zero-order valence-electron chi connectivity index (χ0n) is 11.5. The van der Waals surface area contributed by atoms with E-state index in [-0.39, 0.29) is 11.4 Å². The topological polar surface area (TPSA) is 122 Å². The number of β-amino-alcohol motifs (C(OH)–C–C–N with tert-alkyl or cyclic N) is 1. The monoisotopic (exact) mass is 266 g/mol. The van der Waals surface area contributed by atoms with E-state index in [2.05, 4.69) is 20.8 Å². The highest BCUT2D eigenvalue weighted by Crippen LogP contribution is 2.11. The molecule has 0 aliphatic carbocycles. The number of amidine groups is 1. The van der Waals surface area contributed by atoms with Crippen LogP contribution < -0.4 is 22.4 Å². The number of hydrogen-bond donors (Lipinski definition) is 5. The lowest BCUT2D eigenvalue weighted by molar-refractivity contribution is 0.159. The second-order valence-electron chi connectivity index (χ2n) is 5.22. The second kappa shape index (κ2) is 6.46. The molecule has 0 spiro atoms. The molecule has 7 N–H and O–H groups in total. The van der Waals surface area contributed by atoms with Crippen molar-refractivity contribution < 1.29 is 5.11 Å². The van der Waals surface area contributed by atoms with Crippen LogP contribution in [-0.4, -0.2) is 28.0 Å². The number of hydrazone groups is 1. The van der Waals surface area contributed by atoms with Crippen LogP contribution >= 0.6 is 0 Å². The lowest BCUT2D eigenvalue weighted by atomic mass is 10.1. The number of rotatable bonds is 4. The summed E-state index contributed by atoms with van der Waals surface area (Å²) in [6.45, 7) is 6.49. The van der Waals surface area contributed by atoms with Crippen LogP contribution in [0.3, 0.4) is 0 Å². The lowest BCUT2D eigenvalue weighted by Crippen LogP contribution is -2.38. The molecule has 1 aromatic rings. The van der Waals surface area contributed by atoms with Crippen LogP contribution in [0.15, 0.2) is 23.3 Å². The Morgan fingerprint density at radius 3 is 2.68 bits per heavy atom. The van der Waals surface area contributed by atoms with Gasteiger partial charge in [-0.3, -0.25) is 0 Å². The maximum absolute atomic E-state index is 10.1. The fraction of sp³-hybridized carbons (Fsp3) is 0.500. The van der Waals surface area contributed by atoms with E-state index < -0.39 is 6.10 Å².